The predicted octanol–water partition coefficient (Wildman–Crippen LogP) is 0.997. The second-order valence-electron chi connectivity index (χ2n) is 5.18. The lowest BCUT2D eigenvalue weighted by atomic mass is 9.84. The van der Waals surface area contributed by atoms with Crippen molar-refractivity contribution < 1.29 is 9.52 Å². The maximum Gasteiger partial charge on any atom is 0.133 e. The number of piperidine rings is 3. The number of hydrogen-bond donors (Lipinski definition) is 2. The minimum Gasteiger partial charge on any atom is -0.467 e. The van der Waals surface area contributed by atoms with Gasteiger partial charge in [0.05, 0.1) is 6.26 Å². The van der Waals surface area contributed by atoms with Crippen LogP contribution in [-0.2, 0) is 0 Å². The first-order valence-corrected chi connectivity index (χ1v) is 6.50. The van der Waals surface area contributed by atoms with Gasteiger partial charge < -0.3 is 19.7 Å². The van der Waals surface area contributed by atoms with Crippen LogP contribution in [0.4, 0.5) is 0 Å². The number of rotatable bonds is 4. The van der Waals surface area contributed by atoms with E-state index in [1.54, 1.807) is 6.26 Å². The van der Waals surface area contributed by atoms with Crippen LogP contribution < -0.4 is 5.32 Å². The number of furan rings is 1. The van der Waals surface area contributed by atoms with Gasteiger partial charge in [-0.15, -0.1) is 0 Å². The molecule has 0 aliphatic carbocycles. The number of hydrogen-bond acceptors (Lipinski definition) is 4. The molecular formula is C13H20N2O2. The SMILES string of the molecule is OC(CNC1CN2CCC1CC2)c1ccco1. The topological polar surface area (TPSA) is 48.6 Å². The van der Waals surface area contributed by atoms with Gasteiger partial charge in [-0.05, 0) is 44.0 Å². The molecule has 2 unspecified atom stereocenters. The normalized spacial score (nSPS) is 33.8. The lowest BCUT2D eigenvalue weighted by molar-refractivity contribution is 0.0608. The molecule has 94 valence electrons. The zero-order chi connectivity index (χ0) is 11.7. The summed E-state index contributed by atoms with van der Waals surface area (Å²) in [5.74, 6) is 1.45. The Morgan fingerprint density at radius 1 is 1.47 bits per heavy atom. The van der Waals surface area contributed by atoms with Crippen LogP contribution in [-0.4, -0.2) is 42.2 Å². The van der Waals surface area contributed by atoms with Crippen molar-refractivity contribution in [2.45, 2.75) is 25.0 Å². The van der Waals surface area contributed by atoms with Crippen LogP contribution in [0, 0.1) is 5.92 Å². The van der Waals surface area contributed by atoms with Gasteiger partial charge in [0.25, 0.3) is 0 Å². The Morgan fingerprint density at radius 3 is 2.88 bits per heavy atom. The number of aliphatic hydroxyl groups excluding tert-OH is 1. The minimum atomic E-state index is -0.527. The molecule has 4 heterocycles. The fourth-order valence-corrected chi connectivity index (χ4v) is 3.04. The van der Waals surface area contributed by atoms with Crippen molar-refractivity contribution in [3.63, 3.8) is 0 Å². The lowest BCUT2D eigenvalue weighted by Gasteiger charge is -2.45. The number of aliphatic hydroxyl groups is 1. The van der Waals surface area contributed by atoms with Crippen LogP contribution in [0.15, 0.2) is 22.8 Å². The Labute approximate surface area is 102 Å². The van der Waals surface area contributed by atoms with Crippen molar-refractivity contribution in [3.05, 3.63) is 24.2 Å². The molecule has 4 rings (SSSR count). The third kappa shape index (κ3) is 2.39. The zero-order valence-corrected chi connectivity index (χ0v) is 10.0. The molecule has 17 heavy (non-hydrogen) atoms. The average Bonchev–Trinajstić information content (AvgIpc) is 2.91. The van der Waals surface area contributed by atoms with Crippen molar-refractivity contribution in [1.82, 2.24) is 10.2 Å². The van der Waals surface area contributed by atoms with Crippen LogP contribution >= 0.6 is 0 Å². The van der Waals surface area contributed by atoms with E-state index in [-0.39, 0.29) is 0 Å². The number of nitrogens with zero attached hydrogens (tertiary/aromatic N) is 1. The molecule has 2 atom stereocenters. The van der Waals surface area contributed by atoms with Crippen LogP contribution in [0.25, 0.3) is 0 Å². The van der Waals surface area contributed by atoms with Gasteiger partial charge in [-0.1, -0.05) is 0 Å². The first kappa shape index (κ1) is 11.3. The highest BCUT2D eigenvalue weighted by Crippen LogP contribution is 2.27. The van der Waals surface area contributed by atoms with Crippen LogP contribution in [0.3, 0.4) is 0 Å². The molecule has 4 nitrogen and oxygen atoms in total. The highest BCUT2D eigenvalue weighted by molar-refractivity contribution is 5.02. The van der Waals surface area contributed by atoms with Crippen molar-refractivity contribution in [3.8, 4) is 0 Å². The molecule has 3 aliphatic rings. The first-order chi connectivity index (χ1) is 8.33. The van der Waals surface area contributed by atoms with Gasteiger partial charge in [-0.25, -0.2) is 0 Å². The maximum atomic E-state index is 9.94. The fourth-order valence-electron chi connectivity index (χ4n) is 3.04. The second kappa shape index (κ2) is 4.80. The Hall–Kier alpha value is -0.840. The molecule has 3 aliphatic heterocycles. The molecule has 2 N–H and O–H groups in total. The monoisotopic (exact) mass is 236 g/mol. The summed E-state index contributed by atoms with van der Waals surface area (Å²) < 4.78 is 5.20. The molecule has 3 saturated heterocycles. The summed E-state index contributed by atoms with van der Waals surface area (Å²) in [6.45, 7) is 4.23. The largest absolute Gasteiger partial charge is 0.467 e. The summed E-state index contributed by atoms with van der Waals surface area (Å²) in [7, 11) is 0. The zero-order valence-electron chi connectivity index (χ0n) is 10.0. The third-order valence-corrected chi connectivity index (χ3v) is 4.10. The highest BCUT2D eigenvalue weighted by Gasteiger charge is 2.33. The molecule has 0 saturated carbocycles. The smallest absolute Gasteiger partial charge is 0.133 e. The maximum absolute atomic E-state index is 9.94. The van der Waals surface area contributed by atoms with Crippen molar-refractivity contribution in [2.75, 3.05) is 26.2 Å². The van der Waals surface area contributed by atoms with Gasteiger partial charge in [-0.3, -0.25) is 0 Å². The van der Waals surface area contributed by atoms with E-state index in [0.29, 0.717) is 18.3 Å². The van der Waals surface area contributed by atoms with E-state index in [4.69, 9.17) is 4.42 Å². The van der Waals surface area contributed by atoms with Gasteiger partial charge in [0.15, 0.2) is 0 Å². The number of nitrogens with one attached hydrogen (secondary N) is 1. The summed E-state index contributed by atoms with van der Waals surface area (Å²) in [5.41, 5.74) is 0. The summed E-state index contributed by atoms with van der Waals surface area (Å²) in [4.78, 5) is 2.51. The predicted molar refractivity (Wildman–Crippen MR) is 64.6 cm³/mol. The number of fused-ring (bicyclic) bond motifs is 3. The fraction of sp³-hybridized carbons (Fsp3) is 0.692. The van der Waals surface area contributed by atoms with Crippen molar-refractivity contribution in [1.29, 1.82) is 0 Å². The van der Waals surface area contributed by atoms with Gasteiger partial charge in [0.1, 0.15) is 11.9 Å². The quantitative estimate of drug-likeness (QED) is 0.818. The molecule has 4 heteroatoms. The van der Waals surface area contributed by atoms with Gasteiger partial charge in [0.2, 0.25) is 0 Å². The molecule has 0 amide bonds. The molecule has 2 bridgehead atoms. The molecule has 0 aromatic carbocycles. The van der Waals surface area contributed by atoms with Crippen molar-refractivity contribution >= 4 is 0 Å². The summed E-state index contributed by atoms with van der Waals surface area (Å²) in [5, 5.41) is 13.4. The van der Waals surface area contributed by atoms with Crippen LogP contribution in [0.5, 0.6) is 0 Å². The van der Waals surface area contributed by atoms with E-state index in [0.717, 1.165) is 12.5 Å². The van der Waals surface area contributed by atoms with E-state index < -0.39 is 6.10 Å². The first-order valence-electron chi connectivity index (χ1n) is 6.50. The van der Waals surface area contributed by atoms with Crippen molar-refractivity contribution in [2.24, 2.45) is 5.92 Å². The van der Waals surface area contributed by atoms with Crippen LogP contribution in [0.1, 0.15) is 24.7 Å². The Balaban J connectivity index is 1.51. The highest BCUT2D eigenvalue weighted by atomic mass is 16.4. The van der Waals surface area contributed by atoms with E-state index in [2.05, 4.69) is 10.2 Å². The molecule has 1 aromatic heterocycles. The second-order valence-corrected chi connectivity index (χ2v) is 5.18. The van der Waals surface area contributed by atoms with Gasteiger partial charge >= 0.3 is 0 Å². The molecule has 0 spiro atoms. The molecular weight excluding hydrogens is 216 g/mol. The van der Waals surface area contributed by atoms with E-state index in [9.17, 15) is 5.11 Å². The molecule has 0 radical (unpaired) electrons. The Morgan fingerprint density at radius 2 is 2.29 bits per heavy atom. The van der Waals surface area contributed by atoms with E-state index in [1.165, 1.54) is 25.9 Å². The Bertz CT molecular complexity index is 344. The molecule has 1 aromatic rings. The lowest BCUT2D eigenvalue weighted by Crippen LogP contribution is -2.56. The van der Waals surface area contributed by atoms with Crippen LogP contribution in [0.2, 0.25) is 0 Å². The van der Waals surface area contributed by atoms with Gasteiger partial charge in [-0.2, -0.15) is 0 Å². The summed E-state index contributed by atoms with van der Waals surface area (Å²) >= 11 is 0. The summed E-state index contributed by atoms with van der Waals surface area (Å²) in [6.07, 6.45) is 3.68. The average molecular weight is 236 g/mol. The van der Waals surface area contributed by atoms with E-state index >= 15 is 0 Å². The Kier molecular flexibility index (Phi) is 3.18. The minimum absolute atomic E-state index is 0.527. The standard InChI is InChI=1S/C13H20N2O2/c16-12(13-2-1-7-17-13)8-14-11-9-15-5-3-10(11)4-6-15/h1-2,7,10-12,14,16H,3-6,8-9H2. The third-order valence-electron chi connectivity index (χ3n) is 4.10. The van der Waals surface area contributed by atoms with E-state index in [1.807, 2.05) is 12.1 Å². The summed E-state index contributed by atoms with van der Waals surface area (Å²) in [6, 6.07) is 4.18. The van der Waals surface area contributed by atoms with Gasteiger partial charge in [0, 0.05) is 19.1 Å². The molecule has 3 fully saturated rings.